The SMILES string of the molecule is Cc1cc(C)cc(OCC(=O)OCC(=O)Nc2ccc(C#N)c(Cl)c2)c1. The van der Waals surface area contributed by atoms with Gasteiger partial charge in [0, 0.05) is 5.69 Å². The number of ether oxygens (including phenoxy) is 2. The van der Waals surface area contributed by atoms with Crippen LogP contribution in [-0.2, 0) is 14.3 Å². The largest absolute Gasteiger partial charge is 0.482 e. The van der Waals surface area contributed by atoms with Crippen LogP contribution < -0.4 is 10.1 Å². The molecule has 0 fully saturated rings. The number of hydrogen-bond donors (Lipinski definition) is 1. The summed E-state index contributed by atoms with van der Waals surface area (Å²) in [5.74, 6) is -0.612. The highest BCUT2D eigenvalue weighted by Gasteiger charge is 2.10. The second-order valence-electron chi connectivity index (χ2n) is 5.63. The van der Waals surface area contributed by atoms with E-state index in [1.54, 1.807) is 0 Å². The van der Waals surface area contributed by atoms with E-state index in [2.05, 4.69) is 5.32 Å². The lowest BCUT2D eigenvalue weighted by Gasteiger charge is -2.09. The summed E-state index contributed by atoms with van der Waals surface area (Å²) < 4.78 is 10.2. The van der Waals surface area contributed by atoms with E-state index < -0.39 is 18.5 Å². The molecule has 0 saturated heterocycles. The normalized spacial score (nSPS) is 9.92. The van der Waals surface area contributed by atoms with E-state index in [4.69, 9.17) is 26.3 Å². The maximum Gasteiger partial charge on any atom is 0.344 e. The van der Waals surface area contributed by atoms with E-state index >= 15 is 0 Å². The van der Waals surface area contributed by atoms with E-state index in [0.29, 0.717) is 17.0 Å². The fourth-order valence-corrected chi connectivity index (χ4v) is 2.45. The number of aryl methyl sites for hydroxylation is 2. The molecule has 0 aromatic heterocycles. The fraction of sp³-hybridized carbons (Fsp3) is 0.211. The number of anilines is 1. The van der Waals surface area contributed by atoms with E-state index in [0.717, 1.165) is 11.1 Å². The Balaban J connectivity index is 1.78. The van der Waals surface area contributed by atoms with Crippen molar-refractivity contribution in [2.45, 2.75) is 13.8 Å². The first-order valence-corrected chi connectivity index (χ1v) is 8.11. The summed E-state index contributed by atoms with van der Waals surface area (Å²) in [6.07, 6.45) is 0. The number of hydrogen-bond acceptors (Lipinski definition) is 5. The van der Waals surface area contributed by atoms with Crippen molar-refractivity contribution in [2.24, 2.45) is 0 Å². The Kier molecular flexibility index (Phi) is 6.59. The van der Waals surface area contributed by atoms with Gasteiger partial charge in [-0.25, -0.2) is 4.79 Å². The van der Waals surface area contributed by atoms with Crippen LogP contribution in [0.2, 0.25) is 5.02 Å². The van der Waals surface area contributed by atoms with Gasteiger partial charge >= 0.3 is 5.97 Å². The number of amides is 1. The molecule has 0 aliphatic heterocycles. The second-order valence-corrected chi connectivity index (χ2v) is 6.03. The molecule has 0 spiro atoms. The monoisotopic (exact) mass is 372 g/mol. The third-order valence-corrected chi connectivity index (χ3v) is 3.60. The molecule has 0 bridgehead atoms. The van der Waals surface area contributed by atoms with Crippen LogP contribution in [0.5, 0.6) is 5.75 Å². The number of nitrogens with one attached hydrogen (secondary N) is 1. The molecule has 7 heteroatoms. The summed E-state index contributed by atoms with van der Waals surface area (Å²) in [4.78, 5) is 23.5. The van der Waals surface area contributed by atoms with Crippen LogP contribution in [0.1, 0.15) is 16.7 Å². The van der Waals surface area contributed by atoms with Crippen molar-refractivity contribution < 1.29 is 19.1 Å². The molecular weight excluding hydrogens is 356 g/mol. The highest BCUT2D eigenvalue weighted by Crippen LogP contribution is 2.20. The minimum atomic E-state index is -0.655. The highest BCUT2D eigenvalue weighted by atomic mass is 35.5. The Bertz CT molecular complexity index is 854. The van der Waals surface area contributed by atoms with Gasteiger partial charge < -0.3 is 14.8 Å². The number of benzene rings is 2. The number of esters is 1. The lowest BCUT2D eigenvalue weighted by molar-refractivity contribution is -0.149. The van der Waals surface area contributed by atoms with Crippen LogP contribution in [0.25, 0.3) is 0 Å². The first kappa shape index (κ1) is 19.3. The molecular formula is C19H17ClN2O4. The number of nitriles is 1. The highest BCUT2D eigenvalue weighted by molar-refractivity contribution is 6.32. The lowest BCUT2D eigenvalue weighted by atomic mass is 10.1. The van der Waals surface area contributed by atoms with Gasteiger partial charge in [0.1, 0.15) is 11.8 Å². The minimum absolute atomic E-state index is 0.226. The molecule has 0 unspecified atom stereocenters. The average Bonchev–Trinajstić information content (AvgIpc) is 2.57. The van der Waals surface area contributed by atoms with E-state index in [-0.39, 0.29) is 11.6 Å². The molecule has 0 saturated carbocycles. The zero-order chi connectivity index (χ0) is 19.1. The van der Waals surface area contributed by atoms with Crippen LogP contribution >= 0.6 is 11.6 Å². The molecule has 1 N–H and O–H groups in total. The predicted octanol–water partition coefficient (Wildman–Crippen LogP) is 3.39. The molecule has 0 atom stereocenters. The quantitative estimate of drug-likeness (QED) is 0.785. The van der Waals surface area contributed by atoms with Crippen molar-refractivity contribution >= 4 is 29.2 Å². The molecule has 0 aliphatic rings. The molecule has 6 nitrogen and oxygen atoms in total. The number of carbonyl (C=O) groups excluding carboxylic acids is 2. The van der Waals surface area contributed by atoms with Crippen LogP contribution in [-0.4, -0.2) is 25.1 Å². The smallest absolute Gasteiger partial charge is 0.344 e. The topological polar surface area (TPSA) is 88.4 Å². The van der Waals surface area contributed by atoms with Gasteiger partial charge in [-0.05, 0) is 55.3 Å². The van der Waals surface area contributed by atoms with Crippen molar-refractivity contribution in [3.05, 3.63) is 58.1 Å². The van der Waals surface area contributed by atoms with Gasteiger partial charge in [0.05, 0.1) is 10.6 Å². The zero-order valence-electron chi connectivity index (χ0n) is 14.3. The summed E-state index contributed by atoms with van der Waals surface area (Å²) in [6, 6.07) is 12.0. The van der Waals surface area contributed by atoms with Crippen molar-refractivity contribution in [1.82, 2.24) is 0 Å². The first-order chi connectivity index (χ1) is 12.4. The Labute approximate surface area is 156 Å². The van der Waals surface area contributed by atoms with Crippen LogP contribution in [0, 0.1) is 25.2 Å². The van der Waals surface area contributed by atoms with E-state index in [9.17, 15) is 9.59 Å². The van der Waals surface area contributed by atoms with Gasteiger partial charge in [0.15, 0.2) is 13.2 Å². The van der Waals surface area contributed by atoms with Gasteiger partial charge in [-0.1, -0.05) is 17.7 Å². The molecule has 134 valence electrons. The standard InChI is InChI=1S/C19H17ClN2O4/c1-12-5-13(2)7-16(6-12)25-11-19(24)26-10-18(23)22-15-4-3-14(9-21)17(20)8-15/h3-8H,10-11H2,1-2H3,(H,22,23). The van der Waals surface area contributed by atoms with Gasteiger partial charge in [-0.15, -0.1) is 0 Å². The first-order valence-electron chi connectivity index (χ1n) is 7.73. The maximum atomic E-state index is 11.8. The Morgan fingerprint density at radius 2 is 1.81 bits per heavy atom. The van der Waals surface area contributed by atoms with Crippen LogP contribution in [0.15, 0.2) is 36.4 Å². The summed E-state index contributed by atoms with van der Waals surface area (Å²) in [5, 5.41) is 11.6. The van der Waals surface area contributed by atoms with Crippen LogP contribution in [0.4, 0.5) is 5.69 Å². The summed E-state index contributed by atoms with van der Waals surface area (Å²) in [6.45, 7) is 3.11. The molecule has 2 aromatic rings. The fourth-order valence-electron chi connectivity index (χ4n) is 2.23. The average molecular weight is 373 g/mol. The maximum absolute atomic E-state index is 11.8. The predicted molar refractivity (Wildman–Crippen MR) is 97.2 cm³/mol. The third-order valence-electron chi connectivity index (χ3n) is 3.29. The molecule has 2 rings (SSSR count). The van der Waals surface area contributed by atoms with Gasteiger partial charge in [0.25, 0.3) is 5.91 Å². The number of carbonyl (C=O) groups is 2. The summed E-state index contributed by atoms with van der Waals surface area (Å²) in [7, 11) is 0. The molecule has 1 amide bonds. The molecule has 0 heterocycles. The molecule has 0 radical (unpaired) electrons. The summed E-state index contributed by atoms with van der Waals surface area (Å²) in [5.41, 5.74) is 2.75. The zero-order valence-corrected chi connectivity index (χ0v) is 15.1. The Morgan fingerprint density at radius 1 is 1.12 bits per heavy atom. The van der Waals surface area contributed by atoms with Crippen molar-refractivity contribution in [1.29, 1.82) is 5.26 Å². The number of rotatable bonds is 6. The Morgan fingerprint density at radius 3 is 2.42 bits per heavy atom. The minimum Gasteiger partial charge on any atom is -0.482 e. The van der Waals surface area contributed by atoms with Gasteiger partial charge in [-0.2, -0.15) is 5.26 Å². The second kappa shape index (κ2) is 8.88. The third kappa shape index (κ3) is 5.80. The molecule has 2 aromatic carbocycles. The molecule has 26 heavy (non-hydrogen) atoms. The van der Waals surface area contributed by atoms with Crippen LogP contribution in [0.3, 0.4) is 0 Å². The van der Waals surface area contributed by atoms with Gasteiger partial charge in [-0.3, -0.25) is 4.79 Å². The Hall–Kier alpha value is -3.04. The van der Waals surface area contributed by atoms with Gasteiger partial charge in [0.2, 0.25) is 0 Å². The van der Waals surface area contributed by atoms with Crippen molar-refractivity contribution in [3.63, 3.8) is 0 Å². The van der Waals surface area contributed by atoms with E-state index in [1.165, 1.54) is 18.2 Å². The number of halogens is 1. The lowest BCUT2D eigenvalue weighted by Crippen LogP contribution is -2.23. The molecule has 0 aliphatic carbocycles. The van der Waals surface area contributed by atoms with Crippen molar-refractivity contribution in [2.75, 3.05) is 18.5 Å². The summed E-state index contributed by atoms with van der Waals surface area (Å²) >= 11 is 5.89. The van der Waals surface area contributed by atoms with E-state index in [1.807, 2.05) is 38.1 Å². The van der Waals surface area contributed by atoms with Crippen molar-refractivity contribution in [3.8, 4) is 11.8 Å². The number of nitrogens with zero attached hydrogens (tertiary/aromatic N) is 1.